The Morgan fingerprint density at radius 2 is 2.17 bits per heavy atom. The number of hydrogen-bond donors (Lipinski definition) is 3. The molecule has 1 aromatic carbocycles. The van der Waals surface area contributed by atoms with Gasteiger partial charge in [0.05, 0.1) is 12.1 Å². The van der Waals surface area contributed by atoms with Gasteiger partial charge >= 0.3 is 6.03 Å². The summed E-state index contributed by atoms with van der Waals surface area (Å²) in [5.41, 5.74) is 0.646. The van der Waals surface area contributed by atoms with Crippen molar-refractivity contribution in [2.75, 3.05) is 26.7 Å². The zero-order valence-electron chi connectivity index (χ0n) is 14.1. The third-order valence-corrected chi connectivity index (χ3v) is 4.48. The predicted molar refractivity (Wildman–Crippen MR) is 87.5 cm³/mol. The minimum Gasteiger partial charge on any atom is -0.396 e. The van der Waals surface area contributed by atoms with Crippen molar-refractivity contribution in [3.63, 3.8) is 0 Å². The molecule has 0 bridgehead atoms. The number of halogens is 2. The summed E-state index contributed by atoms with van der Waals surface area (Å²) in [6.45, 7) is 3.28. The Labute approximate surface area is 141 Å². The van der Waals surface area contributed by atoms with E-state index >= 15 is 0 Å². The smallest absolute Gasteiger partial charge is 0.315 e. The predicted octanol–water partition coefficient (Wildman–Crippen LogP) is 2.03. The molecular weight excluding hydrogens is 316 g/mol. The Kier molecular flexibility index (Phi) is 6.51. The molecule has 1 heterocycles. The summed E-state index contributed by atoms with van der Waals surface area (Å²) in [7, 11) is 1.90. The lowest BCUT2D eigenvalue weighted by Gasteiger charge is -2.26. The third-order valence-electron chi connectivity index (χ3n) is 4.48. The quantitative estimate of drug-likeness (QED) is 0.742. The lowest BCUT2D eigenvalue weighted by Crippen LogP contribution is -2.45. The summed E-state index contributed by atoms with van der Waals surface area (Å²) in [4.78, 5) is 14.1. The van der Waals surface area contributed by atoms with Crippen LogP contribution in [0.25, 0.3) is 0 Å². The van der Waals surface area contributed by atoms with Crippen molar-refractivity contribution in [2.45, 2.75) is 31.8 Å². The van der Waals surface area contributed by atoms with Crippen LogP contribution >= 0.6 is 0 Å². The molecular formula is C17H25F2N3O2. The van der Waals surface area contributed by atoms with Crippen LogP contribution in [0.1, 0.15) is 31.4 Å². The monoisotopic (exact) mass is 341 g/mol. The van der Waals surface area contributed by atoms with Gasteiger partial charge in [0.2, 0.25) is 0 Å². The molecule has 24 heavy (non-hydrogen) atoms. The van der Waals surface area contributed by atoms with Gasteiger partial charge in [-0.2, -0.15) is 0 Å². The second-order valence-corrected chi connectivity index (χ2v) is 6.47. The Balaban J connectivity index is 1.98. The number of rotatable bonds is 6. The van der Waals surface area contributed by atoms with E-state index in [0.29, 0.717) is 18.5 Å². The van der Waals surface area contributed by atoms with Crippen LogP contribution in [-0.2, 0) is 0 Å². The molecule has 0 radical (unpaired) electrons. The molecule has 2 amide bonds. The third kappa shape index (κ3) is 4.64. The van der Waals surface area contributed by atoms with Gasteiger partial charge in [0.1, 0.15) is 0 Å². The number of likely N-dealkylation sites (tertiary alicyclic amines) is 1. The molecule has 0 saturated carbocycles. The Morgan fingerprint density at radius 3 is 2.83 bits per heavy atom. The first-order valence-corrected chi connectivity index (χ1v) is 8.22. The topological polar surface area (TPSA) is 64.6 Å². The minimum absolute atomic E-state index is 0.0933. The maximum atomic E-state index is 13.5. The molecule has 3 unspecified atom stereocenters. The highest BCUT2D eigenvalue weighted by Crippen LogP contribution is 2.31. The molecule has 3 atom stereocenters. The van der Waals surface area contributed by atoms with Crippen LogP contribution < -0.4 is 10.6 Å². The van der Waals surface area contributed by atoms with Gasteiger partial charge in [-0.25, -0.2) is 13.6 Å². The molecule has 0 aromatic heterocycles. The molecule has 1 fully saturated rings. The molecule has 1 saturated heterocycles. The maximum absolute atomic E-state index is 13.5. The SMILES string of the molecule is CC(CCO)CNC(=O)NC1CCN(C)C1c1ccc(F)c(F)c1. The number of amides is 2. The first-order chi connectivity index (χ1) is 11.4. The molecule has 1 aliphatic heterocycles. The number of nitrogens with one attached hydrogen (secondary N) is 2. The molecule has 1 aromatic rings. The number of benzene rings is 1. The van der Waals surface area contributed by atoms with Crippen LogP contribution in [-0.4, -0.2) is 48.8 Å². The van der Waals surface area contributed by atoms with Gasteiger partial charge in [0.25, 0.3) is 0 Å². The fourth-order valence-electron chi connectivity index (χ4n) is 3.09. The maximum Gasteiger partial charge on any atom is 0.315 e. The lowest BCUT2D eigenvalue weighted by atomic mass is 10.00. The van der Waals surface area contributed by atoms with E-state index < -0.39 is 11.6 Å². The minimum atomic E-state index is -0.881. The van der Waals surface area contributed by atoms with E-state index in [1.54, 1.807) is 6.07 Å². The number of nitrogens with zero attached hydrogens (tertiary/aromatic N) is 1. The van der Waals surface area contributed by atoms with Crippen LogP contribution in [0.4, 0.5) is 13.6 Å². The highest BCUT2D eigenvalue weighted by Gasteiger charge is 2.34. The van der Waals surface area contributed by atoms with Crippen molar-refractivity contribution in [2.24, 2.45) is 5.92 Å². The van der Waals surface area contributed by atoms with E-state index in [0.717, 1.165) is 19.0 Å². The highest BCUT2D eigenvalue weighted by molar-refractivity contribution is 5.74. The van der Waals surface area contributed by atoms with Crippen molar-refractivity contribution in [1.82, 2.24) is 15.5 Å². The molecule has 1 aliphatic rings. The van der Waals surface area contributed by atoms with Crippen LogP contribution in [0.15, 0.2) is 18.2 Å². The van der Waals surface area contributed by atoms with Gasteiger partial charge in [-0.05, 0) is 43.5 Å². The Hall–Kier alpha value is -1.73. The van der Waals surface area contributed by atoms with Crippen molar-refractivity contribution < 1.29 is 18.7 Å². The molecule has 7 heteroatoms. The summed E-state index contributed by atoms with van der Waals surface area (Å²) in [6, 6.07) is 3.21. The molecule has 0 spiro atoms. The lowest BCUT2D eigenvalue weighted by molar-refractivity contribution is 0.224. The highest BCUT2D eigenvalue weighted by atomic mass is 19.2. The fraction of sp³-hybridized carbons (Fsp3) is 0.588. The second-order valence-electron chi connectivity index (χ2n) is 6.47. The normalized spacial score (nSPS) is 22.4. The van der Waals surface area contributed by atoms with E-state index in [4.69, 9.17) is 5.11 Å². The number of urea groups is 1. The summed E-state index contributed by atoms with van der Waals surface area (Å²) in [5, 5.41) is 14.6. The van der Waals surface area contributed by atoms with Gasteiger partial charge in [0, 0.05) is 19.7 Å². The standard InChI is InChI=1S/C17H25F2N3O2/c1-11(6-8-23)10-20-17(24)21-15-5-7-22(2)16(15)12-3-4-13(18)14(19)9-12/h3-4,9,11,15-16,23H,5-8,10H2,1-2H3,(H2,20,21,24). The average Bonchev–Trinajstić information content (AvgIpc) is 2.89. The van der Waals surface area contributed by atoms with Crippen molar-refractivity contribution >= 4 is 6.03 Å². The molecule has 134 valence electrons. The first-order valence-electron chi connectivity index (χ1n) is 8.22. The average molecular weight is 341 g/mol. The van der Waals surface area contributed by atoms with Crippen LogP contribution in [0.3, 0.4) is 0 Å². The molecule has 5 nitrogen and oxygen atoms in total. The van der Waals surface area contributed by atoms with Gasteiger partial charge in [0.15, 0.2) is 11.6 Å². The first kappa shape index (κ1) is 18.6. The van der Waals surface area contributed by atoms with E-state index in [-0.39, 0.29) is 30.6 Å². The van der Waals surface area contributed by atoms with Crippen molar-refractivity contribution in [3.8, 4) is 0 Å². The summed E-state index contributed by atoms with van der Waals surface area (Å²) in [5.74, 6) is -1.57. The van der Waals surface area contributed by atoms with Crippen LogP contribution in [0.5, 0.6) is 0 Å². The van der Waals surface area contributed by atoms with E-state index in [2.05, 4.69) is 10.6 Å². The van der Waals surface area contributed by atoms with Crippen molar-refractivity contribution in [3.05, 3.63) is 35.4 Å². The van der Waals surface area contributed by atoms with Crippen LogP contribution in [0, 0.1) is 17.6 Å². The van der Waals surface area contributed by atoms with E-state index in [1.165, 1.54) is 6.07 Å². The number of carbonyl (C=O) groups is 1. The summed E-state index contributed by atoms with van der Waals surface area (Å²) < 4.78 is 26.7. The number of likely N-dealkylation sites (N-methyl/N-ethyl adjacent to an activating group) is 1. The zero-order valence-corrected chi connectivity index (χ0v) is 14.1. The fourth-order valence-corrected chi connectivity index (χ4v) is 3.09. The van der Waals surface area contributed by atoms with Crippen LogP contribution in [0.2, 0.25) is 0 Å². The summed E-state index contributed by atoms with van der Waals surface area (Å²) in [6.07, 6.45) is 1.36. The number of carbonyl (C=O) groups excluding carboxylic acids is 1. The summed E-state index contributed by atoms with van der Waals surface area (Å²) >= 11 is 0. The van der Waals surface area contributed by atoms with Gasteiger partial charge in [-0.1, -0.05) is 13.0 Å². The van der Waals surface area contributed by atoms with Gasteiger partial charge < -0.3 is 15.7 Å². The van der Waals surface area contributed by atoms with Gasteiger partial charge in [-0.3, -0.25) is 4.90 Å². The Bertz CT molecular complexity index is 571. The zero-order chi connectivity index (χ0) is 17.7. The largest absolute Gasteiger partial charge is 0.396 e. The second kappa shape index (κ2) is 8.39. The van der Waals surface area contributed by atoms with E-state index in [9.17, 15) is 13.6 Å². The Morgan fingerprint density at radius 1 is 1.42 bits per heavy atom. The number of aliphatic hydroxyl groups is 1. The van der Waals surface area contributed by atoms with Crippen molar-refractivity contribution in [1.29, 1.82) is 0 Å². The van der Waals surface area contributed by atoms with Gasteiger partial charge in [-0.15, -0.1) is 0 Å². The van der Waals surface area contributed by atoms with E-state index in [1.807, 2.05) is 18.9 Å². The molecule has 2 rings (SSSR count). The molecule has 0 aliphatic carbocycles. The number of aliphatic hydroxyl groups excluding tert-OH is 1. The molecule has 3 N–H and O–H groups in total. The number of hydrogen-bond acceptors (Lipinski definition) is 3.